The Bertz CT molecular complexity index is 501. The van der Waals surface area contributed by atoms with Gasteiger partial charge < -0.3 is 5.32 Å². The number of benzene rings is 1. The van der Waals surface area contributed by atoms with Gasteiger partial charge in [0.05, 0.1) is 4.90 Å². The third-order valence-corrected chi connectivity index (χ3v) is 4.68. The predicted molar refractivity (Wildman–Crippen MR) is 81.5 cm³/mol. The van der Waals surface area contributed by atoms with Gasteiger partial charge in [0.25, 0.3) is 0 Å². The van der Waals surface area contributed by atoms with Gasteiger partial charge in [-0.3, -0.25) is 0 Å². The highest BCUT2D eigenvalue weighted by molar-refractivity contribution is 7.91. The van der Waals surface area contributed by atoms with Gasteiger partial charge in [0, 0.05) is 12.2 Å². The molecule has 0 fully saturated rings. The normalized spacial score (nSPS) is 11.8. The lowest BCUT2D eigenvalue weighted by atomic mass is 10.1. The minimum Gasteiger partial charge on any atom is -0.385 e. The smallest absolute Gasteiger partial charge is 0.341 e. The van der Waals surface area contributed by atoms with Crippen LogP contribution in [0.1, 0.15) is 45.4 Å². The van der Waals surface area contributed by atoms with Crippen molar-refractivity contribution in [3.05, 3.63) is 24.3 Å². The lowest BCUT2D eigenvalue weighted by Gasteiger charge is -2.08. The second-order valence-corrected chi connectivity index (χ2v) is 6.94. The summed E-state index contributed by atoms with van der Waals surface area (Å²) in [5.41, 5.74) is 0.747. The minimum absolute atomic E-state index is 0.345. The van der Waals surface area contributed by atoms with Crippen LogP contribution in [0, 0.1) is 0 Å². The van der Waals surface area contributed by atoms with E-state index in [0.29, 0.717) is 0 Å². The molecule has 0 spiro atoms. The van der Waals surface area contributed by atoms with Crippen LogP contribution >= 0.6 is 0 Å². The van der Waals surface area contributed by atoms with E-state index in [1.807, 2.05) is 0 Å². The Morgan fingerprint density at radius 2 is 1.57 bits per heavy atom. The SMILES string of the molecule is CCCCCCCCNc1ccc(S(=O)(=O)C(F)F)cc1. The molecule has 0 aliphatic rings. The third-order valence-electron chi connectivity index (χ3n) is 3.28. The topological polar surface area (TPSA) is 46.2 Å². The number of nitrogens with one attached hydrogen (secondary N) is 1. The van der Waals surface area contributed by atoms with Crippen LogP contribution in [-0.2, 0) is 9.84 Å². The van der Waals surface area contributed by atoms with Crippen molar-refractivity contribution in [1.29, 1.82) is 0 Å². The standard InChI is InChI=1S/C15H23F2NO2S/c1-2-3-4-5-6-7-12-18-13-8-10-14(11-9-13)21(19,20)15(16)17/h8-11,15,18H,2-7,12H2,1H3. The Labute approximate surface area is 125 Å². The van der Waals surface area contributed by atoms with E-state index >= 15 is 0 Å². The number of sulfone groups is 1. The number of halogens is 2. The largest absolute Gasteiger partial charge is 0.385 e. The Kier molecular flexibility index (Phi) is 7.64. The van der Waals surface area contributed by atoms with Crippen LogP contribution in [0.2, 0.25) is 0 Å². The molecule has 1 aromatic rings. The van der Waals surface area contributed by atoms with Crippen molar-refractivity contribution in [2.45, 2.75) is 56.1 Å². The fourth-order valence-electron chi connectivity index (χ4n) is 2.00. The molecule has 0 amide bonds. The molecule has 0 aliphatic carbocycles. The van der Waals surface area contributed by atoms with E-state index in [9.17, 15) is 17.2 Å². The van der Waals surface area contributed by atoms with E-state index in [1.54, 1.807) is 0 Å². The first-order valence-electron chi connectivity index (χ1n) is 7.34. The number of anilines is 1. The van der Waals surface area contributed by atoms with Gasteiger partial charge in [-0.15, -0.1) is 0 Å². The summed E-state index contributed by atoms with van der Waals surface area (Å²) in [6.07, 6.45) is 7.18. The van der Waals surface area contributed by atoms with Gasteiger partial charge in [0.15, 0.2) is 0 Å². The average molecular weight is 319 g/mol. The van der Waals surface area contributed by atoms with Crippen LogP contribution in [0.4, 0.5) is 14.5 Å². The van der Waals surface area contributed by atoms with Gasteiger partial charge in [-0.25, -0.2) is 8.42 Å². The highest BCUT2D eigenvalue weighted by Gasteiger charge is 2.26. The third kappa shape index (κ3) is 5.99. The van der Waals surface area contributed by atoms with Crippen LogP contribution in [0.15, 0.2) is 29.2 Å². The van der Waals surface area contributed by atoms with E-state index < -0.39 is 15.6 Å². The fraction of sp³-hybridized carbons (Fsp3) is 0.600. The molecule has 0 aromatic heterocycles. The molecule has 0 saturated heterocycles. The van der Waals surface area contributed by atoms with Gasteiger partial charge in [-0.2, -0.15) is 8.78 Å². The number of rotatable bonds is 10. The van der Waals surface area contributed by atoms with Crippen LogP contribution in [0.3, 0.4) is 0 Å². The monoisotopic (exact) mass is 319 g/mol. The van der Waals surface area contributed by atoms with E-state index in [2.05, 4.69) is 12.2 Å². The molecule has 120 valence electrons. The predicted octanol–water partition coefficient (Wildman–Crippen LogP) is 4.46. The van der Waals surface area contributed by atoms with Crippen LogP contribution in [0.5, 0.6) is 0 Å². The average Bonchev–Trinajstić information content (AvgIpc) is 2.46. The Hall–Kier alpha value is -1.17. The summed E-state index contributed by atoms with van der Waals surface area (Å²) >= 11 is 0. The van der Waals surface area contributed by atoms with Gasteiger partial charge >= 0.3 is 5.76 Å². The second-order valence-electron chi connectivity index (χ2n) is 5.02. The summed E-state index contributed by atoms with van der Waals surface area (Å²) < 4.78 is 47.3. The van der Waals surface area contributed by atoms with Crippen LogP contribution in [0.25, 0.3) is 0 Å². The van der Waals surface area contributed by atoms with Crippen molar-refractivity contribution in [2.24, 2.45) is 0 Å². The molecular formula is C15H23F2NO2S. The van der Waals surface area contributed by atoms with E-state index in [-0.39, 0.29) is 4.90 Å². The molecule has 0 saturated carbocycles. The van der Waals surface area contributed by atoms with Crippen molar-refractivity contribution in [2.75, 3.05) is 11.9 Å². The zero-order valence-electron chi connectivity index (χ0n) is 12.3. The summed E-state index contributed by atoms with van der Waals surface area (Å²) in [6.45, 7) is 2.98. The van der Waals surface area contributed by atoms with E-state index in [0.717, 1.165) is 25.1 Å². The quantitative estimate of drug-likeness (QED) is 0.648. The molecule has 0 heterocycles. The summed E-state index contributed by atoms with van der Waals surface area (Å²) in [7, 11) is -4.49. The molecule has 21 heavy (non-hydrogen) atoms. The molecule has 3 nitrogen and oxygen atoms in total. The zero-order valence-corrected chi connectivity index (χ0v) is 13.1. The molecule has 6 heteroatoms. The second kappa shape index (κ2) is 8.97. The highest BCUT2D eigenvalue weighted by atomic mass is 32.2. The molecule has 0 atom stereocenters. The highest BCUT2D eigenvalue weighted by Crippen LogP contribution is 2.20. The maximum absolute atomic E-state index is 12.4. The van der Waals surface area contributed by atoms with Gasteiger partial charge in [-0.1, -0.05) is 39.0 Å². The van der Waals surface area contributed by atoms with Gasteiger partial charge in [-0.05, 0) is 30.7 Å². The molecule has 1 aromatic carbocycles. The summed E-state index contributed by atoms with van der Waals surface area (Å²) in [5, 5.41) is 3.16. The molecule has 0 bridgehead atoms. The van der Waals surface area contributed by atoms with E-state index in [4.69, 9.17) is 0 Å². The Balaban J connectivity index is 2.35. The molecular weight excluding hydrogens is 296 g/mol. The first-order valence-corrected chi connectivity index (χ1v) is 8.89. The first kappa shape index (κ1) is 17.9. The minimum atomic E-state index is -4.49. The molecule has 0 unspecified atom stereocenters. The summed E-state index contributed by atoms with van der Waals surface area (Å²) in [5.74, 6) is -3.38. The summed E-state index contributed by atoms with van der Waals surface area (Å²) in [6, 6.07) is 5.47. The number of hydrogen-bond donors (Lipinski definition) is 1. The van der Waals surface area contributed by atoms with Crippen LogP contribution < -0.4 is 5.32 Å². The van der Waals surface area contributed by atoms with Gasteiger partial charge in [0.1, 0.15) is 0 Å². The molecule has 1 N–H and O–H groups in total. The van der Waals surface area contributed by atoms with E-state index in [1.165, 1.54) is 49.9 Å². The molecule has 0 aliphatic heterocycles. The lowest BCUT2D eigenvalue weighted by molar-refractivity contribution is 0.234. The lowest BCUT2D eigenvalue weighted by Crippen LogP contribution is -2.11. The molecule has 0 radical (unpaired) electrons. The van der Waals surface area contributed by atoms with Gasteiger partial charge in [0.2, 0.25) is 9.84 Å². The zero-order chi connectivity index (χ0) is 15.7. The summed E-state index contributed by atoms with van der Waals surface area (Å²) in [4.78, 5) is -0.345. The maximum atomic E-state index is 12.4. The van der Waals surface area contributed by atoms with Crippen molar-refractivity contribution < 1.29 is 17.2 Å². The number of hydrogen-bond acceptors (Lipinski definition) is 3. The van der Waals surface area contributed by atoms with Crippen LogP contribution in [-0.4, -0.2) is 20.7 Å². The van der Waals surface area contributed by atoms with Crippen molar-refractivity contribution in [1.82, 2.24) is 0 Å². The first-order chi connectivity index (χ1) is 9.98. The van der Waals surface area contributed by atoms with Crippen molar-refractivity contribution in [3.63, 3.8) is 0 Å². The Morgan fingerprint density at radius 1 is 1.00 bits per heavy atom. The molecule has 1 rings (SSSR count). The van der Waals surface area contributed by atoms with Crippen molar-refractivity contribution >= 4 is 15.5 Å². The maximum Gasteiger partial charge on any atom is 0.341 e. The number of unbranched alkanes of at least 4 members (excludes halogenated alkanes) is 5. The number of alkyl halides is 2. The Morgan fingerprint density at radius 3 is 2.14 bits per heavy atom. The van der Waals surface area contributed by atoms with Crippen molar-refractivity contribution in [3.8, 4) is 0 Å². The fourth-order valence-corrected chi connectivity index (χ4v) is 2.72.